The van der Waals surface area contributed by atoms with E-state index in [4.69, 9.17) is 14.7 Å². The minimum absolute atomic E-state index is 0.0577. The highest BCUT2D eigenvalue weighted by atomic mass is 19.1. The quantitative estimate of drug-likeness (QED) is 0.272. The third kappa shape index (κ3) is 5.53. The monoisotopic (exact) mass is 578 g/mol. The molecule has 3 aliphatic heterocycles. The smallest absolute Gasteiger partial charge is 0.159 e. The summed E-state index contributed by atoms with van der Waals surface area (Å²) in [4.78, 5) is 26.7. The lowest BCUT2D eigenvalue weighted by Gasteiger charge is -2.33. The SMILES string of the molecule is CC(=O)c1ccc2nc(CN3CCC(c4cccc(N5CCc6cc(C#N)cc(F)c6C5)n4)CC3)n(C[C@@H]3CCO3)c2c1. The predicted molar refractivity (Wildman–Crippen MR) is 161 cm³/mol. The molecule has 220 valence electrons. The number of ketones is 1. The van der Waals surface area contributed by atoms with Gasteiger partial charge in [-0.1, -0.05) is 6.07 Å². The lowest BCUT2D eigenvalue weighted by atomic mass is 9.93. The van der Waals surface area contributed by atoms with Crippen LogP contribution in [-0.2, 0) is 30.8 Å². The molecule has 3 aliphatic rings. The van der Waals surface area contributed by atoms with Crippen LogP contribution in [0.2, 0.25) is 0 Å². The minimum Gasteiger partial charge on any atom is -0.376 e. The van der Waals surface area contributed by atoms with Gasteiger partial charge in [-0.15, -0.1) is 0 Å². The second-order valence-electron chi connectivity index (χ2n) is 12.0. The van der Waals surface area contributed by atoms with E-state index < -0.39 is 0 Å². The van der Waals surface area contributed by atoms with Gasteiger partial charge < -0.3 is 14.2 Å². The zero-order valence-corrected chi connectivity index (χ0v) is 24.4. The Morgan fingerprint density at radius 3 is 2.67 bits per heavy atom. The van der Waals surface area contributed by atoms with Crippen LogP contribution in [0.4, 0.5) is 10.2 Å². The van der Waals surface area contributed by atoms with Crippen molar-refractivity contribution in [1.82, 2.24) is 19.4 Å². The molecule has 0 saturated carbocycles. The summed E-state index contributed by atoms with van der Waals surface area (Å²) in [5.41, 5.74) is 5.68. The van der Waals surface area contributed by atoms with Gasteiger partial charge in [0.25, 0.3) is 0 Å². The van der Waals surface area contributed by atoms with Crippen LogP contribution in [0.5, 0.6) is 0 Å². The fraction of sp³-hybridized carbons (Fsp3) is 0.412. The van der Waals surface area contributed by atoms with Gasteiger partial charge in [-0.05, 0) is 93.7 Å². The molecule has 2 saturated heterocycles. The second kappa shape index (κ2) is 11.5. The van der Waals surface area contributed by atoms with Crippen LogP contribution in [-0.4, -0.2) is 57.6 Å². The Kier molecular flexibility index (Phi) is 7.41. The fourth-order valence-corrected chi connectivity index (χ4v) is 6.66. The number of hydrogen-bond donors (Lipinski definition) is 0. The maximum atomic E-state index is 14.8. The van der Waals surface area contributed by atoms with E-state index in [9.17, 15) is 14.4 Å². The van der Waals surface area contributed by atoms with Crippen molar-refractivity contribution in [1.29, 1.82) is 5.26 Å². The summed E-state index contributed by atoms with van der Waals surface area (Å²) in [5.74, 6) is 2.01. The first kappa shape index (κ1) is 27.7. The summed E-state index contributed by atoms with van der Waals surface area (Å²) < 4.78 is 22.8. The number of ether oxygens (including phenoxy) is 1. The molecule has 0 radical (unpaired) electrons. The van der Waals surface area contributed by atoms with Crippen LogP contribution in [0.15, 0.2) is 48.5 Å². The number of imidazole rings is 1. The third-order valence-electron chi connectivity index (χ3n) is 9.28. The molecule has 4 aromatic rings. The third-order valence-corrected chi connectivity index (χ3v) is 9.28. The summed E-state index contributed by atoms with van der Waals surface area (Å²) in [6.45, 7) is 7.01. The highest BCUT2D eigenvalue weighted by molar-refractivity contribution is 5.97. The number of nitrogens with zero attached hydrogens (tertiary/aromatic N) is 6. The number of Topliss-reactive ketones (excluding diaryl/α,β-unsaturated/α-hetero) is 1. The molecule has 8 nitrogen and oxygen atoms in total. The van der Waals surface area contributed by atoms with E-state index >= 15 is 0 Å². The number of rotatable bonds is 7. The van der Waals surface area contributed by atoms with Crippen molar-refractivity contribution in [3.05, 3.63) is 88.1 Å². The highest BCUT2D eigenvalue weighted by Gasteiger charge is 2.27. The van der Waals surface area contributed by atoms with Gasteiger partial charge in [0.1, 0.15) is 17.5 Å². The number of carbonyl (C=O) groups excluding carboxylic acids is 1. The lowest BCUT2D eigenvalue weighted by Crippen LogP contribution is -2.35. The van der Waals surface area contributed by atoms with Crippen LogP contribution in [0, 0.1) is 17.1 Å². The minimum atomic E-state index is -0.310. The van der Waals surface area contributed by atoms with Gasteiger partial charge in [0.15, 0.2) is 5.78 Å². The number of hydrogen-bond acceptors (Lipinski definition) is 7. The van der Waals surface area contributed by atoms with Crippen LogP contribution < -0.4 is 4.90 Å². The van der Waals surface area contributed by atoms with E-state index in [1.165, 1.54) is 6.07 Å². The van der Waals surface area contributed by atoms with Crippen molar-refractivity contribution in [2.75, 3.05) is 31.1 Å². The summed E-state index contributed by atoms with van der Waals surface area (Å²) in [5, 5.41) is 9.19. The number of likely N-dealkylation sites (tertiary alicyclic amines) is 1. The van der Waals surface area contributed by atoms with Crippen molar-refractivity contribution in [2.24, 2.45) is 0 Å². The van der Waals surface area contributed by atoms with E-state index in [1.807, 2.05) is 30.3 Å². The van der Waals surface area contributed by atoms with Gasteiger partial charge in [-0.2, -0.15) is 5.26 Å². The van der Waals surface area contributed by atoms with Crippen molar-refractivity contribution in [3.63, 3.8) is 0 Å². The first-order chi connectivity index (χ1) is 20.9. The van der Waals surface area contributed by atoms with E-state index in [2.05, 4.69) is 32.6 Å². The van der Waals surface area contributed by atoms with Crippen LogP contribution in [0.3, 0.4) is 0 Å². The number of aromatic nitrogens is 3. The molecule has 2 aromatic carbocycles. The number of piperidine rings is 1. The Balaban J connectivity index is 1.03. The van der Waals surface area contributed by atoms with Gasteiger partial charge in [0.05, 0.1) is 41.9 Å². The number of fused-ring (bicyclic) bond motifs is 2. The summed E-state index contributed by atoms with van der Waals surface area (Å²) in [7, 11) is 0. The predicted octanol–water partition coefficient (Wildman–Crippen LogP) is 5.38. The standard InChI is InChI=1S/C34H35FN6O2/c1-22(42)25-5-6-31-32(17-25)41(19-27-10-14-43-27)34(38-31)21-39-11-7-24(8-12-39)30-3-2-4-33(37-30)40-13-9-26-15-23(18-36)16-29(35)28(26)20-40/h2-6,15-17,24,27H,7-14,19-21H2,1H3/t27-/m0/s1. The van der Waals surface area contributed by atoms with Crippen LogP contribution in [0.25, 0.3) is 11.0 Å². The summed E-state index contributed by atoms with van der Waals surface area (Å²) in [6, 6.07) is 17.2. The lowest BCUT2D eigenvalue weighted by molar-refractivity contribution is -0.0592. The highest BCUT2D eigenvalue weighted by Crippen LogP contribution is 2.32. The largest absolute Gasteiger partial charge is 0.376 e. The molecule has 43 heavy (non-hydrogen) atoms. The molecule has 7 rings (SSSR count). The van der Waals surface area contributed by atoms with Crippen molar-refractivity contribution in [2.45, 2.75) is 64.3 Å². The van der Waals surface area contributed by atoms with Gasteiger partial charge >= 0.3 is 0 Å². The molecule has 2 aromatic heterocycles. The molecule has 0 unspecified atom stereocenters. The summed E-state index contributed by atoms with van der Waals surface area (Å²) in [6.07, 6.45) is 3.95. The van der Waals surface area contributed by atoms with Gasteiger partial charge in [0, 0.05) is 42.4 Å². The van der Waals surface area contributed by atoms with Gasteiger partial charge in [-0.25, -0.2) is 14.4 Å². The van der Waals surface area contributed by atoms with E-state index in [-0.39, 0.29) is 17.7 Å². The Morgan fingerprint density at radius 2 is 1.93 bits per heavy atom. The van der Waals surface area contributed by atoms with E-state index in [0.29, 0.717) is 35.6 Å². The van der Waals surface area contributed by atoms with Crippen molar-refractivity contribution in [3.8, 4) is 6.07 Å². The molecule has 0 spiro atoms. The van der Waals surface area contributed by atoms with Crippen LogP contribution in [0.1, 0.15) is 70.7 Å². The molecular formula is C34H35FN6O2. The Morgan fingerprint density at radius 1 is 1.09 bits per heavy atom. The van der Waals surface area contributed by atoms with E-state index in [1.54, 1.807) is 6.92 Å². The maximum Gasteiger partial charge on any atom is 0.159 e. The normalized spacial score (nSPS) is 19.2. The number of anilines is 1. The van der Waals surface area contributed by atoms with Crippen molar-refractivity contribution >= 4 is 22.6 Å². The average molecular weight is 579 g/mol. The molecule has 0 bridgehead atoms. The molecule has 0 aliphatic carbocycles. The number of carbonyl (C=O) groups is 1. The Bertz CT molecular complexity index is 1730. The fourth-order valence-electron chi connectivity index (χ4n) is 6.66. The number of nitriles is 1. The van der Waals surface area contributed by atoms with E-state index in [0.717, 1.165) is 92.5 Å². The first-order valence-electron chi connectivity index (χ1n) is 15.2. The zero-order chi connectivity index (χ0) is 29.5. The number of pyridine rings is 1. The topological polar surface area (TPSA) is 87.3 Å². The number of halogens is 1. The maximum absolute atomic E-state index is 14.8. The molecule has 0 amide bonds. The molecule has 2 fully saturated rings. The Labute approximate surface area is 250 Å². The second-order valence-corrected chi connectivity index (χ2v) is 12.0. The Hall–Kier alpha value is -4.13. The van der Waals surface area contributed by atoms with Crippen LogP contribution >= 0.6 is 0 Å². The van der Waals surface area contributed by atoms with Gasteiger partial charge in [0.2, 0.25) is 0 Å². The zero-order valence-electron chi connectivity index (χ0n) is 24.4. The molecule has 5 heterocycles. The van der Waals surface area contributed by atoms with Crippen molar-refractivity contribution < 1.29 is 13.9 Å². The molecular weight excluding hydrogens is 543 g/mol. The molecule has 0 N–H and O–H groups in total. The first-order valence-corrected chi connectivity index (χ1v) is 15.2. The average Bonchev–Trinajstić information content (AvgIpc) is 3.34. The molecule has 1 atom stereocenters. The molecule has 9 heteroatoms. The van der Waals surface area contributed by atoms with Gasteiger partial charge in [-0.3, -0.25) is 9.69 Å². The number of benzene rings is 2. The summed E-state index contributed by atoms with van der Waals surface area (Å²) >= 11 is 0.